The number of hydrogen-bond donors (Lipinski definition) is 2. The molecule has 4 nitrogen and oxygen atoms in total. The number of primary amides is 1. The van der Waals surface area contributed by atoms with Gasteiger partial charge >= 0.3 is 6.09 Å². The molecule has 1 aliphatic carbocycles. The zero-order chi connectivity index (χ0) is 10.8. The third kappa shape index (κ3) is 2.87. The summed E-state index contributed by atoms with van der Waals surface area (Å²) in [5, 5.41) is 9.34. The van der Waals surface area contributed by atoms with E-state index in [1.54, 1.807) is 0 Å². The van der Waals surface area contributed by atoms with Crippen molar-refractivity contribution in [3.8, 4) is 0 Å². The van der Waals surface area contributed by atoms with Crippen LogP contribution < -0.4 is 5.73 Å². The van der Waals surface area contributed by atoms with Crippen molar-refractivity contribution in [2.24, 2.45) is 11.7 Å². The molecule has 0 bridgehead atoms. The molecule has 0 heterocycles. The van der Waals surface area contributed by atoms with Gasteiger partial charge in [-0.15, -0.1) is 0 Å². The summed E-state index contributed by atoms with van der Waals surface area (Å²) in [7, 11) is 0. The second-order valence-corrected chi connectivity index (χ2v) is 4.53. The summed E-state index contributed by atoms with van der Waals surface area (Å²) < 4.78 is 5.07. The van der Waals surface area contributed by atoms with Crippen LogP contribution >= 0.6 is 0 Å². The van der Waals surface area contributed by atoms with Crippen molar-refractivity contribution >= 4 is 6.09 Å². The maximum absolute atomic E-state index is 10.7. The predicted molar refractivity (Wildman–Crippen MR) is 52.7 cm³/mol. The highest BCUT2D eigenvalue weighted by atomic mass is 16.6. The summed E-state index contributed by atoms with van der Waals surface area (Å²) >= 11 is 0. The van der Waals surface area contributed by atoms with Gasteiger partial charge in [0.25, 0.3) is 0 Å². The average molecular weight is 201 g/mol. The molecule has 0 saturated heterocycles. The second kappa shape index (κ2) is 4.17. The average Bonchev–Trinajstić information content (AvgIpc) is 2.02. The minimum Gasteiger partial charge on any atom is -0.443 e. The molecule has 0 aromatic carbocycles. The Morgan fingerprint density at radius 3 is 2.29 bits per heavy atom. The Balaban J connectivity index is 2.50. The molecule has 0 aromatic rings. The van der Waals surface area contributed by atoms with E-state index >= 15 is 0 Å². The van der Waals surface area contributed by atoms with Crippen LogP contribution in [0.5, 0.6) is 0 Å². The van der Waals surface area contributed by atoms with E-state index in [0.29, 0.717) is 5.92 Å². The summed E-state index contributed by atoms with van der Waals surface area (Å²) in [6.07, 6.45) is 2.45. The van der Waals surface area contributed by atoms with E-state index in [1.807, 2.05) is 13.8 Å². The van der Waals surface area contributed by atoms with Crippen LogP contribution in [-0.2, 0) is 4.74 Å². The molecule has 82 valence electrons. The summed E-state index contributed by atoms with van der Waals surface area (Å²) in [5.74, 6) is 0.304. The van der Waals surface area contributed by atoms with E-state index in [-0.39, 0.29) is 6.10 Å². The maximum atomic E-state index is 10.7. The SMILES string of the molecule is CC(C)(OC(N)=O)C1CCC(O)CC1. The Morgan fingerprint density at radius 1 is 1.36 bits per heavy atom. The largest absolute Gasteiger partial charge is 0.443 e. The predicted octanol–water partition coefficient (Wildman–Crippen LogP) is 1.41. The van der Waals surface area contributed by atoms with Gasteiger partial charge in [-0.3, -0.25) is 0 Å². The Kier molecular flexibility index (Phi) is 3.37. The number of amides is 1. The highest BCUT2D eigenvalue weighted by molar-refractivity contribution is 5.65. The van der Waals surface area contributed by atoms with Crippen LogP contribution in [0.4, 0.5) is 4.79 Å². The lowest BCUT2D eigenvalue weighted by Crippen LogP contribution is -2.40. The van der Waals surface area contributed by atoms with Gasteiger partial charge in [0.15, 0.2) is 0 Å². The van der Waals surface area contributed by atoms with Gasteiger partial charge in [0.1, 0.15) is 5.60 Å². The summed E-state index contributed by atoms with van der Waals surface area (Å²) in [4.78, 5) is 10.7. The molecule has 1 saturated carbocycles. The third-order valence-corrected chi connectivity index (χ3v) is 3.04. The molecule has 0 unspecified atom stereocenters. The molecule has 0 aromatic heterocycles. The Hall–Kier alpha value is -0.770. The minimum atomic E-state index is -0.721. The molecule has 3 N–H and O–H groups in total. The van der Waals surface area contributed by atoms with Crippen LogP contribution in [0.25, 0.3) is 0 Å². The van der Waals surface area contributed by atoms with Crippen molar-refractivity contribution in [2.75, 3.05) is 0 Å². The Morgan fingerprint density at radius 2 is 1.86 bits per heavy atom. The lowest BCUT2D eigenvalue weighted by Gasteiger charge is -2.37. The zero-order valence-electron chi connectivity index (χ0n) is 8.82. The van der Waals surface area contributed by atoms with Gasteiger partial charge in [-0.2, -0.15) is 0 Å². The number of hydrogen-bond acceptors (Lipinski definition) is 3. The number of nitrogens with two attached hydrogens (primary N) is 1. The molecule has 1 aliphatic rings. The van der Waals surface area contributed by atoms with Crippen LogP contribution in [0.3, 0.4) is 0 Å². The van der Waals surface area contributed by atoms with Crippen LogP contribution in [0, 0.1) is 5.92 Å². The molecule has 0 radical (unpaired) electrons. The van der Waals surface area contributed by atoms with Crippen LogP contribution in [0.15, 0.2) is 0 Å². The minimum absolute atomic E-state index is 0.185. The van der Waals surface area contributed by atoms with Gasteiger partial charge in [-0.25, -0.2) is 4.79 Å². The number of ether oxygens (including phenoxy) is 1. The van der Waals surface area contributed by atoms with Crippen molar-refractivity contribution in [3.05, 3.63) is 0 Å². The molecular weight excluding hydrogens is 182 g/mol. The highest BCUT2D eigenvalue weighted by Crippen LogP contribution is 2.34. The first-order valence-corrected chi connectivity index (χ1v) is 5.08. The van der Waals surface area contributed by atoms with E-state index in [2.05, 4.69) is 0 Å². The van der Waals surface area contributed by atoms with Crippen molar-refractivity contribution in [3.63, 3.8) is 0 Å². The number of aliphatic hydroxyl groups is 1. The second-order valence-electron chi connectivity index (χ2n) is 4.53. The topological polar surface area (TPSA) is 72.5 Å². The lowest BCUT2D eigenvalue weighted by atomic mass is 9.78. The smallest absolute Gasteiger partial charge is 0.405 e. The summed E-state index contributed by atoms with van der Waals surface area (Å²) in [5.41, 5.74) is 4.49. The van der Waals surface area contributed by atoms with E-state index in [0.717, 1.165) is 25.7 Å². The van der Waals surface area contributed by atoms with Crippen molar-refractivity contribution in [2.45, 2.75) is 51.2 Å². The number of carbonyl (C=O) groups excluding carboxylic acids is 1. The molecule has 0 atom stereocenters. The van der Waals surface area contributed by atoms with Crippen LogP contribution in [0.1, 0.15) is 39.5 Å². The van der Waals surface area contributed by atoms with Crippen molar-refractivity contribution in [1.29, 1.82) is 0 Å². The van der Waals surface area contributed by atoms with Crippen molar-refractivity contribution in [1.82, 2.24) is 0 Å². The highest BCUT2D eigenvalue weighted by Gasteiger charge is 2.35. The third-order valence-electron chi connectivity index (χ3n) is 3.04. The fourth-order valence-corrected chi connectivity index (χ4v) is 2.11. The molecule has 0 spiro atoms. The van der Waals surface area contributed by atoms with Gasteiger partial charge in [-0.1, -0.05) is 0 Å². The van der Waals surface area contributed by atoms with Gasteiger partial charge in [0.2, 0.25) is 0 Å². The number of carbonyl (C=O) groups is 1. The maximum Gasteiger partial charge on any atom is 0.405 e. The lowest BCUT2D eigenvalue weighted by molar-refractivity contribution is -0.0289. The van der Waals surface area contributed by atoms with Crippen LogP contribution in [-0.4, -0.2) is 22.9 Å². The quantitative estimate of drug-likeness (QED) is 0.709. The molecule has 1 fully saturated rings. The Labute approximate surface area is 84.4 Å². The number of aliphatic hydroxyl groups excluding tert-OH is 1. The fourth-order valence-electron chi connectivity index (χ4n) is 2.11. The summed E-state index contributed by atoms with van der Waals surface area (Å²) in [6, 6.07) is 0. The van der Waals surface area contributed by atoms with Gasteiger partial charge < -0.3 is 15.6 Å². The fraction of sp³-hybridized carbons (Fsp3) is 0.900. The molecular formula is C10H19NO3. The van der Waals surface area contributed by atoms with Gasteiger partial charge in [0.05, 0.1) is 6.10 Å². The first-order valence-electron chi connectivity index (χ1n) is 5.08. The zero-order valence-corrected chi connectivity index (χ0v) is 8.82. The normalized spacial score (nSPS) is 28.5. The Bertz CT molecular complexity index is 207. The van der Waals surface area contributed by atoms with E-state index in [9.17, 15) is 9.90 Å². The monoisotopic (exact) mass is 201 g/mol. The molecule has 1 rings (SSSR count). The van der Waals surface area contributed by atoms with Gasteiger partial charge in [-0.05, 0) is 45.4 Å². The van der Waals surface area contributed by atoms with Crippen molar-refractivity contribution < 1.29 is 14.6 Å². The first-order chi connectivity index (χ1) is 6.42. The van der Waals surface area contributed by atoms with E-state index in [1.165, 1.54) is 0 Å². The molecule has 4 heteroatoms. The summed E-state index contributed by atoms with van der Waals surface area (Å²) in [6.45, 7) is 3.75. The molecule has 1 amide bonds. The standard InChI is InChI=1S/C10H19NO3/c1-10(2,14-9(11)13)7-3-5-8(12)6-4-7/h7-8,12H,3-6H2,1-2H3,(H2,11,13). The molecule has 14 heavy (non-hydrogen) atoms. The molecule has 0 aliphatic heterocycles. The van der Waals surface area contributed by atoms with Gasteiger partial charge in [0, 0.05) is 0 Å². The van der Waals surface area contributed by atoms with E-state index in [4.69, 9.17) is 10.5 Å². The first kappa shape index (κ1) is 11.3. The van der Waals surface area contributed by atoms with Crippen LogP contribution in [0.2, 0.25) is 0 Å². The number of rotatable bonds is 2. The van der Waals surface area contributed by atoms with E-state index < -0.39 is 11.7 Å².